The molecule has 4 nitrogen and oxygen atoms in total. The Balaban J connectivity index is 1.81. The molecule has 3 aromatic rings. The van der Waals surface area contributed by atoms with Crippen LogP contribution in [-0.4, -0.2) is 20.1 Å². The Kier molecular flexibility index (Phi) is 5.90. The van der Waals surface area contributed by atoms with Gasteiger partial charge in [0.15, 0.2) is 11.5 Å². The molecule has 0 unspecified atom stereocenters. The van der Waals surface area contributed by atoms with Crippen molar-refractivity contribution in [1.29, 1.82) is 0 Å². The maximum atomic E-state index is 12.5. The molecule has 0 aliphatic rings. The van der Waals surface area contributed by atoms with Gasteiger partial charge in [0.2, 0.25) is 5.91 Å². The van der Waals surface area contributed by atoms with Gasteiger partial charge in [-0.3, -0.25) is 4.79 Å². The third-order valence-electron chi connectivity index (χ3n) is 4.12. The summed E-state index contributed by atoms with van der Waals surface area (Å²) in [7, 11) is 3.16. The summed E-state index contributed by atoms with van der Waals surface area (Å²) in [6, 6.07) is 23.2. The summed E-state index contributed by atoms with van der Waals surface area (Å²) >= 11 is 0. The molecule has 0 heterocycles. The van der Waals surface area contributed by atoms with Crippen molar-refractivity contribution < 1.29 is 14.3 Å². The van der Waals surface area contributed by atoms with Gasteiger partial charge in [-0.15, -0.1) is 0 Å². The highest BCUT2D eigenvalue weighted by atomic mass is 16.5. The third kappa shape index (κ3) is 4.36. The normalized spacial score (nSPS) is 10.6. The molecule has 0 saturated carbocycles. The number of amides is 1. The number of carbonyl (C=O) groups is 1. The fraction of sp³-hybridized carbons (Fsp3) is 0.0870. The van der Waals surface area contributed by atoms with Gasteiger partial charge in [0, 0.05) is 22.9 Å². The lowest BCUT2D eigenvalue weighted by atomic mass is 10.0. The summed E-state index contributed by atoms with van der Waals surface area (Å²) in [5.74, 6) is 0.992. The summed E-state index contributed by atoms with van der Waals surface area (Å²) in [5.41, 5.74) is 3.55. The van der Waals surface area contributed by atoms with Crippen LogP contribution in [0.2, 0.25) is 0 Å². The zero-order chi connectivity index (χ0) is 19.1. The lowest BCUT2D eigenvalue weighted by Crippen LogP contribution is -2.08. The first kappa shape index (κ1) is 18.3. The van der Waals surface area contributed by atoms with Crippen LogP contribution in [0, 0.1) is 0 Å². The smallest absolute Gasteiger partial charge is 0.248 e. The predicted molar refractivity (Wildman–Crippen MR) is 109 cm³/mol. The molecule has 0 aliphatic heterocycles. The molecule has 3 rings (SSSR count). The van der Waals surface area contributed by atoms with E-state index < -0.39 is 0 Å². The average Bonchev–Trinajstić information content (AvgIpc) is 2.72. The maximum absolute atomic E-state index is 12.5. The molecule has 0 atom stereocenters. The molecular weight excluding hydrogens is 338 g/mol. The Morgan fingerprint density at radius 1 is 0.852 bits per heavy atom. The van der Waals surface area contributed by atoms with E-state index in [0.29, 0.717) is 11.5 Å². The number of hydrogen-bond acceptors (Lipinski definition) is 3. The van der Waals surface area contributed by atoms with E-state index in [1.165, 1.54) is 6.08 Å². The molecule has 4 heteroatoms. The third-order valence-corrected chi connectivity index (χ3v) is 4.12. The topological polar surface area (TPSA) is 47.6 Å². The van der Waals surface area contributed by atoms with Crippen molar-refractivity contribution in [1.82, 2.24) is 0 Å². The highest BCUT2D eigenvalue weighted by Gasteiger charge is 2.09. The van der Waals surface area contributed by atoms with Gasteiger partial charge in [-0.05, 0) is 23.8 Å². The van der Waals surface area contributed by atoms with Gasteiger partial charge in [0.1, 0.15) is 0 Å². The van der Waals surface area contributed by atoms with E-state index in [0.717, 1.165) is 22.4 Å². The van der Waals surface area contributed by atoms with Crippen molar-refractivity contribution in [3.63, 3.8) is 0 Å². The number of nitrogens with one attached hydrogen (secondary N) is 1. The number of para-hydroxylation sites is 2. The molecule has 0 aromatic heterocycles. The van der Waals surface area contributed by atoms with Gasteiger partial charge in [-0.25, -0.2) is 0 Å². The number of benzene rings is 3. The van der Waals surface area contributed by atoms with Gasteiger partial charge >= 0.3 is 0 Å². The minimum absolute atomic E-state index is 0.219. The zero-order valence-electron chi connectivity index (χ0n) is 15.3. The Labute approximate surface area is 159 Å². The molecule has 1 amide bonds. The van der Waals surface area contributed by atoms with Crippen LogP contribution in [0.25, 0.3) is 17.2 Å². The molecule has 1 N–H and O–H groups in total. The quantitative estimate of drug-likeness (QED) is 0.629. The lowest BCUT2D eigenvalue weighted by molar-refractivity contribution is -0.111. The van der Waals surface area contributed by atoms with Crippen LogP contribution in [0.4, 0.5) is 5.69 Å². The van der Waals surface area contributed by atoms with Crippen molar-refractivity contribution in [2.75, 3.05) is 19.5 Å². The average molecular weight is 359 g/mol. The van der Waals surface area contributed by atoms with Crippen LogP contribution in [0.5, 0.6) is 11.5 Å². The highest BCUT2D eigenvalue weighted by Crippen LogP contribution is 2.31. The zero-order valence-corrected chi connectivity index (χ0v) is 15.3. The molecule has 0 bridgehead atoms. The van der Waals surface area contributed by atoms with Crippen LogP contribution < -0.4 is 14.8 Å². The standard InChI is InChI=1S/C23H21NO3/c1-26-21-14-8-11-18(23(21)27-2)15-16-22(25)24-20-13-7-6-12-19(20)17-9-4-3-5-10-17/h3-16H,1-2H3,(H,24,25)/b16-15+. The second-order valence-electron chi connectivity index (χ2n) is 5.82. The fourth-order valence-corrected chi connectivity index (χ4v) is 2.84. The van der Waals surface area contributed by atoms with Crippen molar-refractivity contribution in [3.8, 4) is 22.6 Å². The number of carbonyl (C=O) groups excluding carboxylic acids is 1. The van der Waals surface area contributed by atoms with Crippen LogP contribution in [0.15, 0.2) is 78.9 Å². The van der Waals surface area contributed by atoms with Crippen molar-refractivity contribution in [2.24, 2.45) is 0 Å². The van der Waals surface area contributed by atoms with E-state index in [-0.39, 0.29) is 5.91 Å². The molecule has 0 saturated heterocycles. The maximum Gasteiger partial charge on any atom is 0.248 e. The second-order valence-corrected chi connectivity index (χ2v) is 5.82. The Morgan fingerprint density at radius 2 is 1.59 bits per heavy atom. The number of ether oxygens (including phenoxy) is 2. The van der Waals surface area contributed by atoms with Gasteiger partial charge in [0.25, 0.3) is 0 Å². The lowest BCUT2D eigenvalue weighted by Gasteiger charge is -2.11. The minimum Gasteiger partial charge on any atom is -0.493 e. The van der Waals surface area contributed by atoms with Crippen molar-refractivity contribution in [3.05, 3.63) is 84.4 Å². The van der Waals surface area contributed by atoms with E-state index in [1.807, 2.05) is 72.8 Å². The van der Waals surface area contributed by atoms with Crippen LogP contribution in [-0.2, 0) is 4.79 Å². The summed E-state index contributed by atoms with van der Waals surface area (Å²) in [4.78, 5) is 12.5. The monoisotopic (exact) mass is 359 g/mol. The minimum atomic E-state index is -0.219. The summed E-state index contributed by atoms with van der Waals surface area (Å²) in [6.45, 7) is 0. The molecule has 0 aliphatic carbocycles. The molecule has 0 fully saturated rings. The molecule has 27 heavy (non-hydrogen) atoms. The van der Waals surface area contributed by atoms with Gasteiger partial charge in [0.05, 0.1) is 14.2 Å². The summed E-state index contributed by atoms with van der Waals surface area (Å²) < 4.78 is 10.7. The second kappa shape index (κ2) is 8.72. The Hall–Kier alpha value is -3.53. The van der Waals surface area contributed by atoms with Crippen LogP contribution in [0.1, 0.15) is 5.56 Å². The van der Waals surface area contributed by atoms with E-state index in [2.05, 4.69) is 5.32 Å². The molecule has 0 spiro atoms. The molecule has 3 aromatic carbocycles. The first-order valence-electron chi connectivity index (χ1n) is 8.57. The Morgan fingerprint density at radius 3 is 2.33 bits per heavy atom. The fourth-order valence-electron chi connectivity index (χ4n) is 2.84. The van der Waals surface area contributed by atoms with E-state index in [4.69, 9.17) is 9.47 Å². The first-order chi connectivity index (χ1) is 13.2. The van der Waals surface area contributed by atoms with Crippen molar-refractivity contribution in [2.45, 2.75) is 0 Å². The highest BCUT2D eigenvalue weighted by molar-refractivity contribution is 6.04. The SMILES string of the molecule is COc1cccc(/C=C/C(=O)Nc2ccccc2-c2ccccc2)c1OC. The number of rotatable bonds is 6. The number of methoxy groups -OCH3 is 2. The summed E-state index contributed by atoms with van der Waals surface area (Å²) in [6.07, 6.45) is 3.20. The first-order valence-corrected chi connectivity index (χ1v) is 8.57. The van der Waals surface area contributed by atoms with Crippen molar-refractivity contribution >= 4 is 17.7 Å². The van der Waals surface area contributed by atoms with Gasteiger partial charge < -0.3 is 14.8 Å². The molecular formula is C23H21NO3. The molecule has 0 radical (unpaired) electrons. The van der Waals surface area contributed by atoms with Crippen LogP contribution in [0.3, 0.4) is 0 Å². The van der Waals surface area contributed by atoms with Gasteiger partial charge in [-0.2, -0.15) is 0 Å². The number of hydrogen-bond donors (Lipinski definition) is 1. The van der Waals surface area contributed by atoms with E-state index in [1.54, 1.807) is 20.3 Å². The number of anilines is 1. The largest absolute Gasteiger partial charge is 0.493 e. The van der Waals surface area contributed by atoms with Gasteiger partial charge in [-0.1, -0.05) is 60.7 Å². The van der Waals surface area contributed by atoms with Crippen LogP contribution >= 0.6 is 0 Å². The predicted octanol–water partition coefficient (Wildman–Crippen LogP) is 5.02. The molecule has 136 valence electrons. The van der Waals surface area contributed by atoms with E-state index in [9.17, 15) is 4.79 Å². The Bertz CT molecular complexity index is 949. The van der Waals surface area contributed by atoms with E-state index >= 15 is 0 Å². The summed E-state index contributed by atoms with van der Waals surface area (Å²) in [5, 5.41) is 2.95.